The van der Waals surface area contributed by atoms with Gasteiger partial charge in [-0.25, -0.2) is 13.8 Å². The van der Waals surface area contributed by atoms with Gasteiger partial charge < -0.3 is 26.6 Å². The highest BCUT2D eigenvalue weighted by atomic mass is 19.1. The van der Waals surface area contributed by atoms with Crippen LogP contribution in [0.25, 0.3) is 5.70 Å². The summed E-state index contributed by atoms with van der Waals surface area (Å²) in [7, 11) is 1.58. The molecule has 1 aromatic heterocycles. The molecule has 10 heteroatoms. The predicted molar refractivity (Wildman–Crippen MR) is 133 cm³/mol. The first-order chi connectivity index (χ1) is 16.7. The number of nitrogens with two attached hydrogens (primary N) is 1. The third-order valence-electron chi connectivity index (χ3n) is 6.15. The fraction of sp³-hybridized carbons (Fsp3) is 0.360. The third kappa shape index (κ3) is 5.16. The number of fused-ring (bicyclic) bond motifs is 3. The average molecular weight is 482 g/mol. The number of ether oxygens (including phenoxy) is 1. The Morgan fingerprint density at radius 2 is 2.03 bits per heavy atom. The maximum atomic E-state index is 15.1. The molecule has 184 valence electrons. The van der Waals surface area contributed by atoms with Crippen LogP contribution in [0.2, 0.25) is 0 Å². The second kappa shape index (κ2) is 9.81. The lowest BCUT2D eigenvalue weighted by molar-refractivity contribution is 0.226. The fourth-order valence-corrected chi connectivity index (χ4v) is 4.11. The number of hydrazone groups is 1. The van der Waals surface area contributed by atoms with Crippen LogP contribution in [-0.4, -0.2) is 35.7 Å². The van der Waals surface area contributed by atoms with Crippen LogP contribution in [0.15, 0.2) is 35.1 Å². The average Bonchev–Trinajstić information content (AvgIpc) is 3.62. The Kier molecular flexibility index (Phi) is 6.81. The summed E-state index contributed by atoms with van der Waals surface area (Å²) in [6, 6.07) is 3.60. The van der Waals surface area contributed by atoms with E-state index in [2.05, 4.69) is 20.8 Å². The second-order valence-electron chi connectivity index (χ2n) is 8.86. The number of anilines is 1. The molecule has 35 heavy (non-hydrogen) atoms. The SMILES string of the molecule is CN/N=C1/C/C(C(C)=N)=C(/NCC2CC2)c2cnc(N)c(c2)OC(C)c2cc(F)cc(F)c2C1=N. The van der Waals surface area contributed by atoms with E-state index >= 15 is 4.39 Å². The molecule has 2 bridgehead atoms. The second-order valence-corrected chi connectivity index (χ2v) is 8.86. The van der Waals surface area contributed by atoms with Crippen molar-refractivity contribution >= 4 is 28.6 Å². The van der Waals surface area contributed by atoms with Gasteiger partial charge in [-0.3, -0.25) is 5.41 Å². The highest BCUT2D eigenvalue weighted by molar-refractivity contribution is 6.48. The monoisotopic (exact) mass is 481 g/mol. The predicted octanol–water partition coefficient (Wildman–Crippen LogP) is 4.18. The number of hydrogen-bond donors (Lipinski definition) is 5. The summed E-state index contributed by atoms with van der Waals surface area (Å²) in [5.41, 5.74) is 10.9. The minimum Gasteiger partial charge on any atom is -0.482 e. The van der Waals surface area contributed by atoms with E-state index in [1.807, 2.05) is 0 Å². The van der Waals surface area contributed by atoms with E-state index in [0.717, 1.165) is 31.5 Å². The smallest absolute Gasteiger partial charge is 0.166 e. The number of halogens is 2. The van der Waals surface area contributed by atoms with Gasteiger partial charge in [0.05, 0.1) is 11.4 Å². The molecule has 2 heterocycles. The topological polar surface area (TPSA) is 132 Å². The van der Waals surface area contributed by atoms with Gasteiger partial charge in [0, 0.05) is 65.9 Å². The molecule has 8 nitrogen and oxygen atoms in total. The van der Waals surface area contributed by atoms with E-state index in [1.54, 1.807) is 33.2 Å². The molecule has 1 fully saturated rings. The normalized spacial score (nSPS) is 21.5. The number of allylic oxidation sites excluding steroid dienone is 1. The minimum atomic E-state index is -0.898. The lowest BCUT2D eigenvalue weighted by atomic mass is 9.90. The van der Waals surface area contributed by atoms with E-state index in [4.69, 9.17) is 21.3 Å². The zero-order valence-corrected chi connectivity index (χ0v) is 19.9. The Bertz CT molecular complexity index is 1250. The van der Waals surface area contributed by atoms with Crippen molar-refractivity contribution in [2.45, 2.75) is 39.2 Å². The number of pyridine rings is 1. The summed E-state index contributed by atoms with van der Waals surface area (Å²) in [6.07, 6.45) is 3.09. The van der Waals surface area contributed by atoms with Gasteiger partial charge in [0.25, 0.3) is 0 Å². The standard InChI is InChI=1S/C25H29F2N7O/c1-12(28)17-9-20(34-31-3)23(29)22-18(7-16(26)8-19(22)27)13(2)35-21-6-15(11-33-25(21)30)24(17)32-10-14-4-5-14/h6-8,11,13-14,28-29,31-32H,4-5,9-10H2,1-3H3,(H2,30,33)/b24-17-,28-12?,29-23?,34-20-. The van der Waals surface area contributed by atoms with Crippen LogP contribution in [0.4, 0.5) is 14.6 Å². The highest BCUT2D eigenvalue weighted by Gasteiger charge is 2.28. The Balaban J connectivity index is 1.98. The largest absolute Gasteiger partial charge is 0.482 e. The van der Waals surface area contributed by atoms with Gasteiger partial charge in [0.2, 0.25) is 0 Å². The summed E-state index contributed by atoms with van der Waals surface area (Å²) >= 11 is 0. The lowest BCUT2D eigenvalue weighted by Crippen LogP contribution is -2.26. The Morgan fingerprint density at radius 3 is 2.69 bits per heavy atom. The van der Waals surface area contributed by atoms with Crippen molar-refractivity contribution in [3.63, 3.8) is 0 Å². The summed E-state index contributed by atoms with van der Waals surface area (Å²) < 4.78 is 35.4. The van der Waals surface area contributed by atoms with Crippen LogP contribution >= 0.6 is 0 Å². The van der Waals surface area contributed by atoms with E-state index in [0.29, 0.717) is 22.8 Å². The van der Waals surface area contributed by atoms with Crippen molar-refractivity contribution in [1.29, 1.82) is 10.8 Å². The van der Waals surface area contributed by atoms with Crippen LogP contribution < -0.4 is 21.2 Å². The van der Waals surface area contributed by atoms with E-state index < -0.39 is 17.7 Å². The molecule has 1 aromatic carbocycles. The van der Waals surface area contributed by atoms with Crippen LogP contribution in [0.1, 0.15) is 55.9 Å². The molecule has 6 N–H and O–H groups in total. The number of aromatic nitrogens is 1. The number of nitrogens with zero attached hydrogens (tertiary/aromatic N) is 2. The van der Waals surface area contributed by atoms with Gasteiger partial charge in [0.1, 0.15) is 17.7 Å². The maximum absolute atomic E-state index is 15.1. The molecular weight excluding hydrogens is 452 g/mol. The van der Waals surface area contributed by atoms with Crippen molar-refractivity contribution in [3.05, 3.63) is 58.3 Å². The minimum absolute atomic E-state index is 0.0627. The first-order valence-electron chi connectivity index (χ1n) is 11.5. The molecule has 2 aromatic rings. The van der Waals surface area contributed by atoms with E-state index in [9.17, 15) is 4.39 Å². The number of hydrogen-bond acceptors (Lipinski definition) is 8. The number of rotatable bonds is 5. The maximum Gasteiger partial charge on any atom is 0.166 e. The molecule has 0 radical (unpaired) electrons. The van der Waals surface area contributed by atoms with Crippen molar-refractivity contribution < 1.29 is 13.5 Å². The number of benzene rings is 1. The van der Waals surface area contributed by atoms with Crippen molar-refractivity contribution in [1.82, 2.24) is 15.7 Å². The Labute approximate surface area is 202 Å². The molecule has 1 aliphatic carbocycles. The van der Waals surface area contributed by atoms with Gasteiger partial charge in [-0.15, -0.1) is 0 Å². The van der Waals surface area contributed by atoms with Crippen LogP contribution in [0.3, 0.4) is 0 Å². The Hall–Kier alpha value is -3.82. The molecule has 0 spiro atoms. The first kappa shape index (κ1) is 24.3. The zero-order chi connectivity index (χ0) is 25.3. The number of nitrogen functional groups attached to an aromatic ring is 1. The molecular formula is C25H29F2N7O. The van der Waals surface area contributed by atoms with Gasteiger partial charge >= 0.3 is 0 Å². The molecule has 4 rings (SSSR count). The molecule has 0 amide bonds. The molecule has 2 aliphatic rings. The van der Waals surface area contributed by atoms with Crippen molar-refractivity contribution in [2.24, 2.45) is 11.0 Å². The van der Waals surface area contributed by atoms with Gasteiger partial charge in [-0.05, 0) is 44.7 Å². The van der Waals surface area contributed by atoms with Crippen molar-refractivity contribution in [3.8, 4) is 5.75 Å². The quantitative estimate of drug-likeness (QED) is 0.323. The molecule has 1 aliphatic heterocycles. The van der Waals surface area contributed by atoms with E-state index in [-0.39, 0.29) is 46.3 Å². The molecule has 1 atom stereocenters. The summed E-state index contributed by atoms with van der Waals surface area (Å²) in [6.45, 7) is 4.00. The lowest BCUT2D eigenvalue weighted by Gasteiger charge is -2.24. The van der Waals surface area contributed by atoms with Gasteiger partial charge in [0.15, 0.2) is 11.6 Å². The van der Waals surface area contributed by atoms with Crippen LogP contribution in [-0.2, 0) is 0 Å². The van der Waals surface area contributed by atoms with Gasteiger partial charge in [-0.2, -0.15) is 5.10 Å². The van der Waals surface area contributed by atoms with Crippen LogP contribution in [0, 0.1) is 28.4 Å². The molecule has 0 saturated heterocycles. The third-order valence-corrected chi connectivity index (χ3v) is 6.15. The zero-order valence-electron chi connectivity index (χ0n) is 19.9. The van der Waals surface area contributed by atoms with Crippen LogP contribution in [0.5, 0.6) is 5.75 Å². The molecule has 1 unspecified atom stereocenters. The fourth-order valence-electron chi connectivity index (χ4n) is 4.11. The summed E-state index contributed by atoms with van der Waals surface area (Å²) in [4.78, 5) is 4.29. The summed E-state index contributed by atoms with van der Waals surface area (Å²) in [5, 5.41) is 25.1. The number of nitrogens with one attached hydrogen (secondary N) is 4. The highest BCUT2D eigenvalue weighted by Crippen LogP contribution is 2.34. The van der Waals surface area contributed by atoms with E-state index in [1.165, 1.54) is 0 Å². The molecule has 1 saturated carbocycles. The first-order valence-corrected chi connectivity index (χ1v) is 11.5. The van der Waals surface area contributed by atoms with Crippen molar-refractivity contribution in [2.75, 3.05) is 19.3 Å². The van der Waals surface area contributed by atoms with Gasteiger partial charge in [-0.1, -0.05) is 0 Å². The summed E-state index contributed by atoms with van der Waals surface area (Å²) in [5.74, 6) is -0.766. The Morgan fingerprint density at radius 1 is 1.29 bits per heavy atom.